The molecule has 180 valence electrons. The second-order valence-electron chi connectivity index (χ2n) is 9.67. The van der Waals surface area contributed by atoms with Gasteiger partial charge in [-0.1, -0.05) is 0 Å². The van der Waals surface area contributed by atoms with Crippen LogP contribution in [0.25, 0.3) is 38.9 Å². The van der Waals surface area contributed by atoms with Crippen LogP contribution >= 0.6 is 0 Å². The van der Waals surface area contributed by atoms with Crippen molar-refractivity contribution >= 4 is 21.8 Å². The molecule has 0 saturated heterocycles. The lowest BCUT2D eigenvalue weighted by molar-refractivity contribution is 0.291. The Morgan fingerprint density at radius 2 is 1.71 bits per heavy atom. The maximum absolute atomic E-state index is 14.4. The maximum atomic E-state index is 14.4. The molecular formula is C26H26F2N6O. The van der Waals surface area contributed by atoms with Gasteiger partial charge in [0.05, 0.1) is 11.2 Å². The van der Waals surface area contributed by atoms with E-state index in [1.807, 2.05) is 24.0 Å². The summed E-state index contributed by atoms with van der Waals surface area (Å²) < 4.78 is 34.1. The van der Waals surface area contributed by atoms with Crippen molar-refractivity contribution in [2.24, 2.45) is 7.05 Å². The van der Waals surface area contributed by atoms with E-state index in [0.29, 0.717) is 33.9 Å². The molecule has 9 heteroatoms. The molecule has 0 bridgehead atoms. The summed E-state index contributed by atoms with van der Waals surface area (Å²) in [5, 5.41) is 8.13. The molecule has 3 heterocycles. The quantitative estimate of drug-likeness (QED) is 0.412. The van der Waals surface area contributed by atoms with Crippen LogP contribution in [0.15, 0.2) is 53.6 Å². The average molecular weight is 477 g/mol. The molecule has 2 atom stereocenters. The summed E-state index contributed by atoms with van der Waals surface area (Å²) in [6.07, 6.45) is 6.81. The van der Waals surface area contributed by atoms with E-state index in [1.165, 1.54) is 28.8 Å². The van der Waals surface area contributed by atoms with Crippen LogP contribution in [0.1, 0.15) is 25.3 Å². The van der Waals surface area contributed by atoms with Gasteiger partial charge >= 0.3 is 5.69 Å². The van der Waals surface area contributed by atoms with Crippen LogP contribution in [0.5, 0.6) is 0 Å². The van der Waals surface area contributed by atoms with Crippen molar-refractivity contribution in [3.8, 4) is 17.1 Å². The van der Waals surface area contributed by atoms with E-state index in [9.17, 15) is 13.6 Å². The maximum Gasteiger partial charge on any atom is 0.348 e. The number of fused-ring (bicyclic) bond motifs is 2. The van der Waals surface area contributed by atoms with Crippen LogP contribution < -0.4 is 5.69 Å². The number of hydrogen-bond acceptors (Lipinski definition) is 3. The molecule has 1 fully saturated rings. The lowest BCUT2D eigenvalue weighted by Gasteiger charge is -2.19. The Bertz CT molecular complexity index is 1640. The van der Waals surface area contributed by atoms with Crippen LogP contribution in [0, 0.1) is 11.6 Å². The molecule has 2 aromatic carbocycles. The first-order chi connectivity index (χ1) is 16.8. The normalized spacial score (nSPS) is 18.5. The number of benzene rings is 2. The van der Waals surface area contributed by atoms with E-state index in [1.54, 1.807) is 12.1 Å². The number of H-pyrrole nitrogens is 1. The SMILES string of the molecule is CN(C)C1CCC(n2cc(-n3c(-c4cn(C)c5ccc(F)cc45)n[nH]c3=O)c3cc(F)ccc32)C1. The molecule has 1 aliphatic rings. The number of nitrogens with zero attached hydrogens (tertiary/aromatic N) is 5. The Balaban J connectivity index is 1.57. The fraction of sp³-hybridized carbons (Fsp3) is 0.308. The van der Waals surface area contributed by atoms with E-state index in [0.717, 1.165) is 30.3 Å². The molecule has 1 N–H and O–H groups in total. The van der Waals surface area contributed by atoms with Gasteiger partial charge in [-0.15, -0.1) is 0 Å². The molecule has 0 radical (unpaired) electrons. The third-order valence-electron chi connectivity index (χ3n) is 7.38. The third kappa shape index (κ3) is 3.41. The number of hydrogen-bond donors (Lipinski definition) is 1. The molecule has 0 spiro atoms. The largest absolute Gasteiger partial charge is 0.350 e. The molecule has 5 aromatic rings. The van der Waals surface area contributed by atoms with Gasteiger partial charge in [-0.25, -0.2) is 23.2 Å². The summed E-state index contributed by atoms with van der Waals surface area (Å²) >= 11 is 0. The lowest BCUT2D eigenvalue weighted by atomic mass is 10.1. The number of aryl methyl sites for hydroxylation is 1. The van der Waals surface area contributed by atoms with E-state index in [2.05, 4.69) is 33.8 Å². The van der Waals surface area contributed by atoms with E-state index in [4.69, 9.17) is 0 Å². The number of aromatic amines is 1. The van der Waals surface area contributed by atoms with Crippen LogP contribution in [-0.2, 0) is 7.05 Å². The first-order valence-electron chi connectivity index (χ1n) is 11.7. The Morgan fingerprint density at radius 1 is 1.00 bits per heavy atom. The summed E-state index contributed by atoms with van der Waals surface area (Å²) in [4.78, 5) is 15.3. The second-order valence-corrected chi connectivity index (χ2v) is 9.67. The van der Waals surface area contributed by atoms with E-state index in [-0.39, 0.29) is 17.7 Å². The summed E-state index contributed by atoms with van der Waals surface area (Å²) in [6, 6.07) is 9.95. The first kappa shape index (κ1) is 21.8. The van der Waals surface area contributed by atoms with Gasteiger partial charge in [0.15, 0.2) is 5.82 Å². The minimum absolute atomic E-state index is 0.238. The second kappa shape index (κ2) is 7.91. The van der Waals surface area contributed by atoms with Gasteiger partial charge in [0, 0.05) is 53.4 Å². The van der Waals surface area contributed by atoms with Crippen LogP contribution in [0.4, 0.5) is 8.78 Å². The third-order valence-corrected chi connectivity index (χ3v) is 7.38. The van der Waals surface area contributed by atoms with Crippen LogP contribution in [0.2, 0.25) is 0 Å². The Morgan fingerprint density at radius 3 is 2.43 bits per heavy atom. The van der Waals surface area contributed by atoms with E-state index >= 15 is 0 Å². The van der Waals surface area contributed by atoms with Crippen molar-refractivity contribution in [3.05, 3.63) is 70.9 Å². The first-order valence-corrected chi connectivity index (χ1v) is 11.7. The summed E-state index contributed by atoms with van der Waals surface area (Å²) in [6.45, 7) is 0. The Hall–Kier alpha value is -3.72. The average Bonchev–Trinajstić information content (AvgIpc) is 3.58. The molecule has 2 unspecified atom stereocenters. The fourth-order valence-electron chi connectivity index (χ4n) is 5.59. The zero-order valence-electron chi connectivity index (χ0n) is 19.8. The Labute approximate surface area is 200 Å². The monoisotopic (exact) mass is 476 g/mol. The Kier molecular flexibility index (Phi) is 4.93. The van der Waals surface area contributed by atoms with Crippen LogP contribution in [0.3, 0.4) is 0 Å². The molecule has 35 heavy (non-hydrogen) atoms. The zero-order valence-corrected chi connectivity index (χ0v) is 19.8. The van der Waals surface area contributed by atoms with Gasteiger partial charge in [0.1, 0.15) is 11.6 Å². The molecular weight excluding hydrogens is 450 g/mol. The van der Waals surface area contributed by atoms with Crippen molar-refractivity contribution < 1.29 is 8.78 Å². The highest BCUT2D eigenvalue weighted by atomic mass is 19.1. The molecule has 0 aliphatic heterocycles. The summed E-state index contributed by atoms with van der Waals surface area (Å²) in [7, 11) is 6.04. The fourth-order valence-corrected chi connectivity index (χ4v) is 5.59. The number of nitrogens with one attached hydrogen (secondary N) is 1. The van der Waals surface area contributed by atoms with Crippen molar-refractivity contribution in [1.82, 2.24) is 28.8 Å². The highest BCUT2D eigenvalue weighted by Gasteiger charge is 2.29. The molecule has 0 amide bonds. The highest BCUT2D eigenvalue weighted by molar-refractivity contribution is 5.96. The zero-order chi connectivity index (χ0) is 24.4. The lowest BCUT2D eigenvalue weighted by Crippen LogP contribution is -2.25. The predicted molar refractivity (Wildman–Crippen MR) is 132 cm³/mol. The summed E-state index contributed by atoms with van der Waals surface area (Å²) in [5.41, 5.74) is 2.42. The van der Waals surface area contributed by atoms with Crippen LogP contribution in [-0.4, -0.2) is 48.9 Å². The number of rotatable bonds is 4. The van der Waals surface area contributed by atoms with Gasteiger partial charge in [0.2, 0.25) is 0 Å². The summed E-state index contributed by atoms with van der Waals surface area (Å²) in [5.74, 6) is -0.392. The van der Waals surface area contributed by atoms with Gasteiger partial charge < -0.3 is 14.0 Å². The molecule has 7 nitrogen and oxygen atoms in total. The highest BCUT2D eigenvalue weighted by Crippen LogP contribution is 2.38. The van der Waals surface area contributed by atoms with Crippen molar-refractivity contribution in [2.75, 3.05) is 14.1 Å². The topological polar surface area (TPSA) is 63.8 Å². The van der Waals surface area contributed by atoms with Crippen molar-refractivity contribution in [2.45, 2.75) is 31.3 Å². The smallest absolute Gasteiger partial charge is 0.348 e. The number of aromatic nitrogens is 5. The van der Waals surface area contributed by atoms with Gasteiger partial charge in [-0.05, 0) is 69.8 Å². The minimum Gasteiger partial charge on any atom is -0.350 e. The number of halogens is 2. The molecule has 6 rings (SSSR count). The van der Waals surface area contributed by atoms with E-state index < -0.39 is 5.69 Å². The standard InChI is InChI=1S/C26H26F2N6O/c1-31(2)17-6-7-18(12-17)33-14-24(20-11-16(28)5-9-23(20)33)34-25(29-30-26(34)35)21-13-32(3)22-8-4-15(27)10-19(21)22/h4-5,8-11,13-14,17-18H,6-7,12H2,1-3H3,(H,30,35). The molecule has 1 saturated carbocycles. The van der Waals surface area contributed by atoms with Crippen molar-refractivity contribution in [1.29, 1.82) is 0 Å². The van der Waals surface area contributed by atoms with Crippen molar-refractivity contribution in [3.63, 3.8) is 0 Å². The molecule has 1 aliphatic carbocycles. The van der Waals surface area contributed by atoms with Gasteiger partial charge in [0.25, 0.3) is 0 Å². The molecule has 3 aromatic heterocycles. The predicted octanol–water partition coefficient (Wildman–Crippen LogP) is 4.61. The van der Waals surface area contributed by atoms with Gasteiger partial charge in [-0.2, -0.15) is 5.10 Å². The minimum atomic E-state index is -0.436. The van der Waals surface area contributed by atoms with Gasteiger partial charge in [-0.3, -0.25) is 0 Å².